The Labute approximate surface area is 346 Å². The monoisotopic (exact) mass is 765 g/mol. The molecule has 0 aliphatic carbocycles. The molecule has 0 bridgehead atoms. The van der Waals surface area contributed by atoms with Crippen molar-refractivity contribution in [3.63, 3.8) is 0 Å². The van der Waals surface area contributed by atoms with Gasteiger partial charge in [-0.1, -0.05) is 152 Å². The van der Waals surface area contributed by atoms with Crippen LogP contribution < -0.4 is 0 Å². The SMILES string of the molecule is c1ccc(-c2nc(-c3ccc(-c4ccc5ccccc5n4)cc3)cc(-c3cc(-n4c5ccccc5c5ccccc54)cc(-n4c5ccccc5c5ccccc54)c3)n2)cc1. The van der Waals surface area contributed by atoms with Crippen LogP contribution in [0.15, 0.2) is 212 Å². The molecule has 4 aromatic heterocycles. The minimum Gasteiger partial charge on any atom is -0.309 e. The Hall–Kier alpha value is -8.15. The number of hydrogen-bond acceptors (Lipinski definition) is 3. The summed E-state index contributed by atoms with van der Waals surface area (Å²) in [6, 6.07) is 75.0. The quantitative estimate of drug-likeness (QED) is 0.169. The molecule has 0 saturated heterocycles. The van der Waals surface area contributed by atoms with E-state index in [-0.39, 0.29) is 0 Å². The van der Waals surface area contributed by atoms with Crippen molar-refractivity contribution in [2.75, 3.05) is 0 Å². The summed E-state index contributed by atoms with van der Waals surface area (Å²) in [5.74, 6) is 0.670. The van der Waals surface area contributed by atoms with Gasteiger partial charge in [-0.05, 0) is 60.7 Å². The molecule has 12 rings (SSSR count). The highest BCUT2D eigenvalue weighted by Gasteiger charge is 2.19. The van der Waals surface area contributed by atoms with Gasteiger partial charge >= 0.3 is 0 Å². The molecular formula is C55H35N5. The van der Waals surface area contributed by atoms with Crippen LogP contribution in [-0.2, 0) is 0 Å². The number of para-hydroxylation sites is 5. The molecule has 0 radical (unpaired) electrons. The van der Waals surface area contributed by atoms with Crippen LogP contribution in [0.5, 0.6) is 0 Å². The minimum atomic E-state index is 0.670. The molecule has 0 aliphatic rings. The smallest absolute Gasteiger partial charge is 0.160 e. The van der Waals surface area contributed by atoms with Gasteiger partial charge in [0.15, 0.2) is 5.82 Å². The highest BCUT2D eigenvalue weighted by atomic mass is 15.0. The molecule has 0 saturated carbocycles. The summed E-state index contributed by atoms with van der Waals surface area (Å²) in [5.41, 5.74) is 14.3. The third kappa shape index (κ3) is 5.59. The average Bonchev–Trinajstić information content (AvgIpc) is 3.85. The molecule has 8 aromatic carbocycles. The van der Waals surface area contributed by atoms with Crippen LogP contribution in [0.4, 0.5) is 0 Å². The first-order valence-electron chi connectivity index (χ1n) is 20.3. The number of pyridine rings is 1. The second-order valence-electron chi connectivity index (χ2n) is 15.3. The topological polar surface area (TPSA) is 48.5 Å². The van der Waals surface area contributed by atoms with E-state index in [0.717, 1.165) is 83.7 Å². The van der Waals surface area contributed by atoms with E-state index in [9.17, 15) is 0 Å². The average molecular weight is 766 g/mol. The van der Waals surface area contributed by atoms with Crippen molar-refractivity contribution < 1.29 is 0 Å². The highest BCUT2D eigenvalue weighted by Crippen LogP contribution is 2.38. The number of rotatable bonds is 6. The van der Waals surface area contributed by atoms with E-state index in [0.29, 0.717) is 5.82 Å². The van der Waals surface area contributed by atoms with E-state index in [4.69, 9.17) is 15.0 Å². The minimum absolute atomic E-state index is 0.670. The largest absolute Gasteiger partial charge is 0.309 e. The fraction of sp³-hybridized carbons (Fsp3) is 0. The summed E-state index contributed by atoms with van der Waals surface area (Å²) >= 11 is 0. The van der Waals surface area contributed by atoms with Gasteiger partial charge in [-0.15, -0.1) is 0 Å². The Morgan fingerprint density at radius 3 is 1.28 bits per heavy atom. The molecule has 12 aromatic rings. The lowest BCUT2D eigenvalue weighted by atomic mass is 10.0. The lowest BCUT2D eigenvalue weighted by Gasteiger charge is -2.16. The van der Waals surface area contributed by atoms with Crippen molar-refractivity contribution in [2.45, 2.75) is 0 Å². The summed E-state index contributed by atoms with van der Waals surface area (Å²) in [4.78, 5) is 15.5. The Balaban J connectivity index is 1.09. The van der Waals surface area contributed by atoms with Gasteiger partial charge < -0.3 is 9.13 Å². The maximum absolute atomic E-state index is 5.35. The molecule has 0 unspecified atom stereocenters. The maximum Gasteiger partial charge on any atom is 0.160 e. The van der Waals surface area contributed by atoms with E-state index < -0.39 is 0 Å². The summed E-state index contributed by atoms with van der Waals surface area (Å²) in [5, 5.41) is 6.00. The van der Waals surface area contributed by atoms with Gasteiger partial charge in [-0.2, -0.15) is 0 Å². The fourth-order valence-electron chi connectivity index (χ4n) is 8.90. The van der Waals surface area contributed by atoms with Gasteiger partial charge in [0, 0.05) is 60.6 Å². The number of benzene rings is 8. The van der Waals surface area contributed by atoms with Crippen molar-refractivity contribution in [2.24, 2.45) is 0 Å². The summed E-state index contributed by atoms with van der Waals surface area (Å²) in [6.07, 6.45) is 0. The highest BCUT2D eigenvalue weighted by molar-refractivity contribution is 6.10. The maximum atomic E-state index is 5.35. The Morgan fingerprint density at radius 1 is 0.283 bits per heavy atom. The zero-order chi connectivity index (χ0) is 39.6. The molecule has 5 heteroatoms. The van der Waals surface area contributed by atoms with Gasteiger partial charge in [-0.3, -0.25) is 0 Å². The number of fused-ring (bicyclic) bond motifs is 7. The van der Waals surface area contributed by atoms with E-state index in [1.54, 1.807) is 0 Å². The Kier molecular flexibility index (Phi) is 7.78. The molecule has 5 nitrogen and oxygen atoms in total. The van der Waals surface area contributed by atoms with Gasteiger partial charge in [0.25, 0.3) is 0 Å². The standard InChI is InChI=1S/C55H35N5/c1-2-15-39(16-3-1)55-57-49(38-28-26-37(27-29-38)48-31-30-36-14-4-9-21-47(36)56-48)35-50(58-55)40-32-41(59-51-22-10-5-17-43(51)44-18-6-11-23-52(44)59)34-42(33-40)60-53-24-12-7-19-45(53)46-20-8-13-25-54(46)60/h1-35H. The molecule has 0 spiro atoms. The molecular weight excluding hydrogens is 731 g/mol. The summed E-state index contributed by atoms with van der Waals surface area (Å²) in [6.45, 7) is 0. The van der Waals surface area contributed by atoms with Crippen molar-refractivity contribution in [1.82, 2.24) is 24.1 Å². The molecule has 0 aliphatic heterocycles. The van der Waals surface area contributed by atoms with E-state index in [2.05, 4.69) is 191 Å². The van der Waals surface area contributed by atoms with Crippen molar-refractivity contribution >= 4 is 54.5 Å². The van der Waals surface area contributed by atoms with E-state index in [1.807, 2.05) is 30.3 Å². The number of nitrogens with zero attached hydrogens (tertiary/aromatic N) is 5. The first kappa shape index (κ1) is 33.9. The first-order chi connectivity index (χ1) is 29.7. The molecule has 0 amide bonds. The van der Waals surface area contributed by atoms with Crippen LogP contribution >= 0.6 is 0 Å². The van der Waals surface area contributed by atoms with Crippen LogP contribution in [0.2, 0.25) is 0 Å². The van der Waals surface area contributed by atoms with Gasteiger partial charge in [0.05, 0.1) is 44.7 Å². The van der Waals surface area contributed by atoms with E-state index >= 15 is 0 Å². The second kappa shape index (κ2) is 13.8. The summed E-state index contributed by atoms with van der Waals surface area (Å²) in [7, 11) is 0. The van der Waals surface area contributed by atoms with E-state index in [1.165, 1.54) is 21.5 Å². The number of aromatic nitrogens is 5. The van der Waals surface area contributed by atoms with Gasteiger partial charge in [0.1, 0.15) is 0 Å². The molecule has 280 valence electrons. The predicted molar refractivity (Wildman–Crippen MR) is 248 cm³/mol. The van der Waals surface area contributed by atoms with Crippen LogP contribution in [0.25, 0.3) is 111 Å². The zero-order valence-electron chi connectivity index (χ0n) is 32.4. The van der Waals surface area contributed by atoms with Crippen LogP contribution in [0.3, 0.4) is 0 Å². The molecule has 0 N–H and O–H groups in total. The van der Waals surface area contributed by atoms with Crippen molar-refractivity contribution in [3.8, 4) is 56.5 Å². The zero-order valence-corrected chi connectivity index (χ0v) is 32.4. The van der Waals surface area contributed by atoms with Crippen LogP contribution in [0.1, 0.15) is 0 Å². The normalized spacial score (nSPS) is 11.7. The lowest BCUT2D eigenvalue weighted by Crippen LogP contribution is -2.01. The van der Waals surface area contributed by atoms with Crippen molar-refractivity contribution in [1.29, 1.82) is 0 Å². The molecule has 0 atom stereocenters. The van der Waals surface area contributed by atoms with Crippen LogP contribution in [0, 0.1) is 0 Å². The van der Waals surface area contributed by atoms with Crippen molar-refractivity contribution in [3.05, 3.63) is 212 Å². The third-order valence-electron chi connectivity index (χ3n) is 11.7. The molecule has 4 heterocycles. The molecule has 60 heavy (non-hydrogen) atoms. The Morgan fingerprint density at radius 2 is 0.733 bits per heavy atom. The molecule has 0 fully saturated rings. The number of hydrogen-bond donors (Lipinski definition) is 0. The van der Waals surface area contributed by atoms with Gasteiger partial charge in [0.2, 0.25) is 0 Å². The third-order valence-corrected chi connectivity index (χ3v) is 11.7. The van der Waals surface area contributed by atoms with Crippen LogP contribution in [-0.4, -0.2) is 24.1 Å². The summed E-state index contributed by atoms with van der Waals surface area (Å²) < 4.78 is 4.79. The fourth-order valence-corrected chi connectivity index (χ4v) is 8.90. The first-order valence-corrected chi connectivity index (χ1v) is 20.3. The second-order valence-corrected chi connectivity index (χ2v) is 15.3. The van der Waals surface area contributed by atoms with Gasteiger partial charge in [-0.25, -0.2) is 15.0 Å². The predicted octanol–water partition coefficient (Wildman–Crippen LogP) is 13.9. The Bertz CT molecular complexity index is 3360. The lowest BCUT2D eigenvalue weighted by molar-refractivity contribution is 1.13.